The number of amidine groups is 2. The Morgan fingerprint density at radius 2 is 1.76 bits per heavy atom. The summed E-state index contributed by atoms with van der Waals surface area (Å²) >= 11 is 0. The van der Waals surface area contributed by atoms with E-state index in [4.69, 9.17) is 21.3 Å². The predicted molar refractivity (Wildman–Crippen MR) is 140 cm³/mol. The smallest absolute Gasteiger partial charge is 0.209 e. The van der Waals surface area contributed by atoms with Crippen molar-refractivity contribution in [3.63, 3.8) is 0 Å². The van der Waals surface area contributed by atoms with Crippen molar-refractivity contribution in [1.29, 1.82) is 0 Å². The van der Waals surface area contributed by atoms with Gasteiger partial charge in [0.25, 0.3) is 0 Å². The number of quaternary nitrogens is 1. The van der Waals surface area contributed by atoms with Crippen LogP contribution in [0.5, 0.6) is 5.75 Å². The van der Waals surface area contributed by atoms with Crippen molar-refractivity contribution < 1.29 is 10.1 Å². The van der Waals surface area contributed by atoms with E-state index >= 15 is 0 Å². The number of nitrogens with zero attached hydrogens (tertiary/aromatic N) is 2. The third-order valence-electron chi connectivity index (χ3n) is 5.84. The molecule has 3 aromatic rings. The van der Waals surface area contributed by atoms with Crippen molar-refractivity contribution in [2.24, 2.45) is 21.7 Å². The van der Waals surface area contributed by atoms with Gasteiger partial charge in [-0.3, -0.25) is 5.32 Å². The highest BCUT2D eigenvalue weighted by atomic mass is 16.5. The number of hydrazone groups is 1. The van der Waals surface area contributed by atoms with Crippen molar-refractivity contribution in [2.45, 2.75) is 19.8 Å². The molecule has 34 heavy (non-hydrogen) atoms. The Hall–Kier alpha value is -4.16. The van der Waals surface area contributed by atoms with E-state index in [2.05, 4.69) is 78.0 Å². The SMILES string of the molecule is CCC1=CC=C(c2ccc(OC)c(/C(N)=N/N)c2)N=C([NH2+]c2cccc(-c3ccccc3)c2)C1. The highest BCUT2D eigenvalue weighted by molar-refractivity contribution is 6.00. The first kappa shape index (κ1) is 23.0. The molecule has 0 aliphatic carbocycles. The Kier molecular flexibility index (Phi) is 7.20. The normalized spacial score (nSPS) is 14.1. The van der Waals surface area contributed by atoms with Gasteiger partial charge in [0, 0.05) is 11.6 Å². The Bertz CT molecular complexity index is 1290. The van der Waals surface area contributed by atoms with Gasteiger partial charge in [0.15, 0.2) is 5.84 Å². The van der Waals surface area contributed by atoms with Crippen LogP contribution in [0.25, 0.3) is 16.8 Å². The molecule has 4 rings (SSSR count). The Morgan fingerprint density at radius 3 is 2.50 bits per heavy atom. The molecule has 0 atom stereocenters. The second-order valence-corrected chi connectivity index (χ2v) is 8.08. The molecule has 1 aliphatic heterocycles. The van der Waals surface area contributed by atoms with Gasteiger partial charge in [-0.2, -0.15) is 10.1 Å². The molecule has 0 radical (unpaired) electrons. The molecule has 0 unspecified atom stereocenters. The number of benzene rings is 3. The second-order valence-electron chi connectivity index (χ2n) is 8.08. The lowest BCUT2D eigenvalue weighted by molar-refractivity contribution is -0.446. The molecule has 0 aromatic heterocycles. The molecular formula is C28H30N5O+. The molecule has 1 heterocycles. The highest BCUT2D eigenvalue weighted by Crippen LogP contribution is 2.27. The zero-order chi connectivity index (χ0) is 23.9. The summed E-state index contributed by atoms with van der Waals surface area (Å²) in [5.41, 5.74) is 13.2. The number of methoxy groups -OCH3 is 1. The summed E-state index contributed by atoms with van der Waals surface area (Å²) in [6.45, 7) is 2.17. The molecule has 0 spiro atoms. The molecule has 0 saturated heterocycles. The third kappa shape index (κ3) is 5.24. The van der Waals surface area contributed by atoms with E-state index in [1.807, 2.05) is 24.3 Å². The lowest BCUT2D eigenvalue weighted by atomic mass is 10.0. The highest BCUT2D eigenvalue weighted by Gasteiger charge is 2.16. The van der Waals surface area contributed by atoms with E-state index in [1.165, 1.54) is 16.7 Å². The van der Waals surface area contributed by atoms with Gasteiger partial charge in [0.05, 0.1) is 24.8 Å². The summed E-state index contributed by atoms with van der Waals surface area (Å²) in [6.07, 6.45) is 5.97. The minimum absolute atomic E-state index is 0.214. The first-order valence-electron chi connectivity index (χ1n) is 11.3. The summed E-state index contributed by atoms with van der Waals surface area (Å²) in [6, 6.07) is 24.7. The van der Waals surface area contributed by atoms with E-state index in [9.17, 15) is 0 Å². The minimum atomic E-state index is 0.214. The summed E-state index contributed by atoms with van der Waals surface area (Å²) in [5.74, 6) is 7.26. The number of aliphatic imine (C=N–C) groups is 1. The van der Waals surface area contributed by atoms with E-state index in [0.29, 0.717) is 11.3 Å². The predicted octanol–water partition coefficient (Wildman–Crippen LogP) is 4.32. The molecule has 0 fully saturated rings. The van der Waals surface area contributed by atoms with Crippen LogP contribution >= 0.6 is 0 Å². The molecule has 6 heteroatoms. The first-order valence-corrected chi connectivity index (χ1v) is 11.3. The van der Waals surface area contributed by atoms with Gasteiger partial charge in [0.2, 0.25) is 5.84 Å². The van der Waals surface area contributed by atoms with Gasteiger partial charge >= 0.3 is 0 Å². The largest absolute Gasteiger partial charge is 0.496 e. The van der Waals surface area contributed by atoms with E-state index < -0.39 is 0 Å². The zero-order valence-electron chi connectivity index (χ0n) is 19.5. The van der Waals surface area contributed by atoms with Crippen LogP contribution in [-0.4, -0.2) is 18.8 Å². The Labute approximate surface area is 200 Å². The topological polar surface area (TPSA) is 103 Å². The number of hydrogen-bond acceptors (Lipinski definition) is 4. The average molecular weight is 453 g/mol. The van der Waals surface area contributed by atoms with Gasteiger partial charge in [-0.15, -0.1) is 0 Å². The van der Waals surface area contributed by atoms with Gasteiger partial charge in [-0.05, 0) is 47.9 Å². The maximum Gasteiger partial charge on any atom is 0.209 e. The van der Waals surface area contributed by atoms with Crippen LogP contribution in [0.2, 0.25) is 0 Å². The lowest BCUT2D eigenvalue weighted by Gasteiger charge is -2.11. The Morgan fingerprint density at radius 1 is 0.971 bits per heavy atom. The van der Waals surface area contributed by atoms with Crippen molar-refractivity contribution in [2.75, 3.05) is 7.11 Å². The molecule has 6 N–H and O–H groups in total. The zero-order valence-corrected chi connectivity index (χ0v) is 19.5. The van der Waals surface area contributed by atoms with Crippen LogP contribution in [0.1, 0.15) is 30.9 Å². The van der Waals surface area contributed by atoms with Crippen LogP contribution in [0.3, 0.4) is 0 Å². The Balaban J connectivity index is 1.69. The summed E-state index contributed by atoms with van der Waals surface area (Å²) in [5, 5.41) is 5.80. The maximum atomic E-state index is 6.01. The number of nitrogens with two attached hydrogens (primary N) is 3. The van der Waals surface area contributed by atoms with Gasteiger partial charge in [-0.1, -0.05) is 61.0 Å². The van der Waals surface area contributed by atoms with Crippen molar-refractivity contribution >= 4 is 23.1 Å². The van der Waals surface area contributed by atoms with Crippen molar-refractivity contribution in [3.8, 4) is 16.9 Å². The summed E-state index contributed by atoms with van der Waals surface area (Å²) in [4.78, 5) is 5.04. The minimum Gasteiger partial charge on any atom is -0.496 e. The van der Waals surface area contributed by atoms with Gasteiger partial charge in [-0.25, -0.2) is 0 Å². The van der Waals surface area contributed by atoms with Crippen molar-refractivity contribution in [3.05, 3.63) is 102 Å². The van der Waals surface area contributed by atoms with Crippen LogP contribution in [0.4, 0.5) is 5.69 Å². The fourth-order valence-electron chi connectivity index (χ4n) is 3.97. The van der Waals surface area contributed by atoms with E-state index in [1.54, 1.807) is 7.11 Å². The van der Waals surface area contributed by atoms with Crippen LogP contribution in [-0.2, 0) is 0 Å². The molecule has 6 nitrogen and oxygen atoms in total. The molecule has 1 aliphatic rings. The van der Waals surface area contributed by atoms with E-state index in [0.717, 1.165) is 35.6 Å². The fourth-order valence-corrected chi connectivity index (χ4v) is 3.97. The van der Waals surface area contributed by atoms with Crippen molar-refractivity contribution in [1.82, 2.24) is 0 Å². The monoisotopic (exact) mass is 452 g/mol. The standard InChI is InChI=1S/C28H29N5O/c1-3-19-12-14-25(22-13-15-26(34-2)24(18-22)28(29)33-30)32-27(16-19)31-23-11-7-10-21(17-23)20-8-5-4-6-9-20/h4-15,17-18H,3,16,30H2,1-2H3,(H2,29,33)(H,31,32)/p+1. The first-order chi connectivity index (χ1) is 16.6. The van der Waals surface area contributed by atoms with Crippen LogP contribution in [0, 0.1) is 0 Å². The molecule has 3 aromatic carbocycles. The van der Waals surface area contributed by atoms with Gasteiger partial charge in [0.1, 0.15) is 11.4 Å². The molecule has 0 saturated carbocycles. The number of rotatable bonds is 6. The number of ether oxygens (including phenoxy) is 1. The number of allylic oxidation sites excluding steroid dienone is 2. The van der Waals surface area contributed by atoms with E-state index in [-0.39, 0.29) is 5.84 Å². The van der Waals surface area contributed by atoms with Gasteiger partial charge < -0.3 is 16.3 Å². The maximum absolute atomic E-state index is 6.01. The van der Waals surface area contributed by atoms with Crippen LogP contribution < -0.4 is 21.6 Å². The lowest BCUT2D eigenvalue weighted by Crippen LogP contribution is -2.82. The molecule has 172 valence electrons. The molecule has 0 bridgehead atoms. The second kappa shape index (κ2) is 10.6. The molecule has 0 amide bonds. The quantitative estimate of drug-likeness (QED) is 0.171. The average Bonchev–Trinajstić information content (AvgIpc) is 3.10. The molecular weight excluding hydrogens is 422 g/mol. The fraction of sp³-hybridized carbons (Fsp3) is 0.143. The summed E-state index contributed by atoms with van der Waals surface area (Å²) in [7, 11) is 1.60. The summed E-state index contributed by atoms with van der Waals surface area (Å²) < 4.78 is 5.43. The van der Waals surface area contributed by atoms with Crippen LogP contribution in [0.15, 0.2) is 101 Å². The third-order valence-corrected chi connectivity index (χ3v) is 5.84. The number of hydrogen-bond donors (Lipinski definition) is 3.